The van der Waals surface area contributed by atoms with Gasteiger partial charge >= 0.3 is 0 Å². The molecule has 0 saturated carbocycles. The monoisotopic (exact) mass is 397 g/mol. The summed E-state index contributed by atoms with van der Waals surface area (Å²) >= 11 is 1.39. The molecule has 6 nitrogen and oxygen atoms in total. The summed E-state index contributed by atoms with van der Waals surface area (Å²) in [5.74, 6) is 1.31. The van der Waals surface area contributed by atoms with Gasteiger partial charge in [-0.25, -0.2) is 4.98 Å². The number of thioether (sulfide) groups is 1. The Hall–Kier alpha value is -2.93. The van der Waals surface area contributed by atoms with Gasteiger partial charge in [0.15, 0.2) is 16.7 Å². The Morgan fingerprint density at radius 3 is 2.64 bits per heavy atom. The Labute approximate surface area is 168 Å². The van der Waals surface area contributed by atoms with E-state index in [1.54, 1.807) is 38.6 Å². The van der Waals surface area contributed by atoms with Crippen LogP contribution in [-0.4, -0.2) is 35.4 Å². The minimum Gasteiger partial charge on any atom is -0.493 e. The zero-order valence-corrected chi connectivity index (χ0v) is 17.2. The third kappa shape index (κ3) is 4.48. The molecule has 28 heavy (non-hydrogen) atoms. The number of methoxy groups -OCH3 is 2. The first-order valence-corrected chi connectivity index (χ1v) is 9.76. The molecular formula is C21H23N3O3S. The second kappa shape index (κ2) is 8.84. The van der Waals surface area contributed by atoms with Crippen molar-refractivity contribution < 1.29 is 14.3 Å². The number of nitrogens with one attached hydrogen (secondary N) is 1. The lowest BCUT2D eigenvalue weighted by molar-refractivity contribution is -0.113. The number of anilines is 1. The minimum atomic E-state index is -0.118. The number of carbonyl (C=O) groups excluding carboxylic acids is 1. The number of ether oxygens (including phenoxy) is 2. The summed E-state index contributed by atoms with van der Waals surface area (Å²) < 4.78 is 12.5. The number of benzene rings is 2. The molecule has 3 aromatic rings. The van der Waals surface area contributed by atoms with Crippen LogP contribution in [0, 0.1) is 13.8 Å². The fourth-order valence-electron chi connectivity index (χ4n) is 2.80. The predicted molar refractivity (Wildman–Crippen MR) is 112 cm³/mol. The van der Waals surface area contributed by atoms with Crippen LogP contribution in [0.15, 0.2) is 53.9 Å². The van der Waals surface area contributed by atoms with Crippen LogP contribution < -0.4 is 14.8 Å². The number of aryl methyl sites for hydroxylation is 2. The summed E-state index contributed by atoms with van der Waals surface area (Å²) in [6, 6.07) is 11.6. The molecular weight excluding hydrogens is 374 g/mol. The van der Waals surface area contributed by atoms with Crippen molar-refractivity contribution in [1.82, 2.24) is 9.55 Å². The number of amides is 1. The number of aromatic nitrogens is 2. The summed E-state index contributed by atoms with van der Waals surface area (Å²) in [6.07, 6.45) is 3.66. The summed E-state index contributed by atoms with van der Waals surface area (Å²) in [4.78, 5) is 16.8. The average molecular weight is 398 g/mol. The molecule has 0 aliphatic heterocycles. The number of imidazole rings is 1. The third-order valence-corrected chi connectivity index (χ3v) is 5.20. The maximum atomic E-state index is 12.4. The highest BCUT2D eigenvalue weighted by Gasteiger charge is 2.12. The van der Waals surface area contributed by atoms with Crippen LogP contribution in [0.25, 0.3) is 5.69 Å². The Kier molecular flexibility index (Phi) is 6.26. The van der Waals surface area contributed by atoms with Gasteiger partial charge in [0.25, 0.3) is 0 Å². The van der Waals surface area contributed by atoms with Gasteiger partial charge in [0, 0.05) is 24.1 Å². The van der Waals surface area contributed by atoms with E-state index in [2.05, 4.69) is 42.3 Å². The maximum Gasteiger partial charge on any atom is 0.234 e. The summed E-state index contributed by atoms with van der Waals surface area (Å²) in [7, 11) is 3.14. The van der Waals surface area contributed by atoms with Gasteiger partial charge in [-0.2, -0.15) is 0 Å². The van der Waals surface area contributed by atoms with E-state index in [9.17, 15) is 4.79 Å². The SMILES string of the molecule is COc1ccc(NC(=O)CSc2nccn2-c2cc(C)ccc2C)cc1OC. The fraction of sp³-hybridized carbons (Fsp3) is 0.238. The standard InChI is InChI=1S/C21H23N3O3S/c1-14-5-6-15(2)17(11-14)24-10-9-22-21(24)28-13-20(25)23-16-7-8-18(26-3)19(12-16)27-4/h5-12H,13H2,1-4H3,(H,23,25). The smallest absolute Gasteiger partial charge is 0.234 e. The van der Waals surface area contributed by atoms with Gasteiger partial charge in [0.1, 0.15) is 0 Å². The first-order chi connectivity index (χ1) is 13.5. The van der Waals surface area contributed by atoms with E-state index < -0.39 is 0 Å². The largest absolute Gasteiger partial charge is 0.493 e. The van der Waals surface area contributed by atoms with E-state index in [1.807, 2.05) is 10.8 Å². The lowest BCUT2D eigenvalue weighted by atomic mass is 10.1. The second-order valence-electron chi connectivity index (χ2n) is 6.28. The molecule has 0 unspecified atom stereocenters. The summed E-state index contributed by atoms with van der Waals surface area (Å²) in [5, 5.41) is 3.65. The quantitative estimate of drug-likeness (QED) is 0.604. The van der Waals surface area contributed by atoms with E-state index in [0.717, 1.165) is 16.4 Å². The number of hydrogen-bond acceptors (Lipinski definition) is 5. The third-order valence-electron chi connectivity index (χ3n) is 4.23. The van der Waals surface area contributed by atoms with E-state index >= 15 is 0 Å². The van der Waals surface area contributed by atoms with Crippen molar-refractivity contribution in [2.75, 3.05) is 25.3 Å². The highest BCUT2D eigenvalue weighted by Crippen LogP contribution is 2.30. The average Bonchev–Trinajstić information content (AvgIpc) is 3.16. The molecule has 0 spiro atoms. The van der Waals surface area contributed by atoms with Crippen LogP contribution >= 0.6 is 11.8 Å². The van der Waals surface area contributed by atoms with Crippen LogP contribution in [0.5, 0.6) is 11.5 Å². The van der Waals surface area contributed by atoms with Crippen LogP contribution in [0.4, 0.5) is 5.69 Å². The molecule has 1 heterocycles. The van der Waals surface area contributed by atoms with Crippen LogP contribution in [0.1, 0.15) is 11.1 Å². The van der Waals surface area contributed by atoms with E-state index in [-0.39, 0.29) is 11.7 Å². The molecule has 0 bridgehead atoms. The molecule has 2 aromatic carbocycles. The molecule has 0 atom stereocenters. The van der Waals surface area contributed by atoms with Crippen molar-refractivity contribution >= 4 is 23.4 Å². The molecule has 3 rings (SSSR count). The number of carbonyl (C=O) groups is 1. The van der Waals surface area contributed by atoms with Crippen molar-refractivity contribution in [1.29, 1.82) is 0 Å². The highest BCUT2D eigenvalue weighted by molar-refractivity contribution is 7.99. The second-order valence-corrected chi connectivity index (χ2v) is 7.22. The van der Waals surface area contributed by atoms with Gasteiger partial charge in [0.05, 0.1) is 25.7 Å². The number of hydrogen-bond donors (Lipinski definition) is 1. The highest BCUT2D eigenvalue weighted by atomic mass is 32.2. The van der Waals surface area contributed by atoms with Gasteiger partial charge in [0.2, 0.25) is 5.91 Å². The Balaban J connectivity index is 1.68. The maximum absolute atomic E-state index is 12.4. The molecule has 7 heteroatoms. The van der Waals surface area contributed by atoms with Gasteiger partial charge < -0.3 is 14.8 Å². The van der Waals surface area contributed by atoms with Gasteiger partial charge in [-0.15, -0.1) is 0 Å². The molecule has 0 aliphatic carbocycles. The Morgan fingerprint density at radius 1 is 1.11 bits per heavy atom. The fourth-order valence-corrected chi connectivity index (χ4v) is 3.57. The normalized spacial score (nSPS) is 10.6. The van der Waals surface area contributed by atoms with E-state index in [1.165, 1.54) is 17.3 Å². The van der Waals surface area contributed by atoms with E-state index in [0.29, 0.717) is 17.2 Å². The molecule has 1 aromatic heterocycles. The number of nitrogens with zero attached hydrogens (tertiary/aromatic N) is 2. The van der Waals surface area contributed by atoms with Gasteiger partial charge in [-0.3, -0.25) is 9.36 Å². The molecule has 1 amide bonds. The Bertz CT molecular complexity index is 985. The van der Waals surface area contributed by atoms with E-state index in [4.69, 9.17) is 9.47 Å². The van der Waals surface area contributed by atoms with Crippen LogP contribution in [-0.2, 0) is 4.79 Å². The first-order valence-electron chi connectivity index (χ1n) is 8.77. The molecule has 0 radical (unpaired) electrons. The zero-order valence-electron chi connectivity index (χ0n) is 16.4. The molecule has 146 valence electrons. The summed E-state index contributed by atoms with van der Waals surface area (Å²) in [6.45, 7) is 4.12. The lowest BCUT2D eigenvalue weighted by Gasteiger charge is -2.12. The summed E-state index contributed by atoms with van der Waals surface area (Å²) in [5.41, 5.74) is 4.05. The number of rotatable bonds is 7. The molecule has 0 fully saturated rings. The van der Waals surface area contributed by atoms with Crippen molar-refractivity contribution in [3.05, 3.63) is 59.9 Å². The molecule has 1 N–H and O–H groups in total. The van der Waals surface area contributed by atoms with Crippen LogP contribution in [0.2, 0.25) is 0 Å². The Morgan fingerprint density at radius 2 is 1.89 bits per heavy atom. The molecule has 0 saturated heterocycles. The van der Waals surface area contributed by atoms with Gasteiger partial charge in [-0.05, 0) is 43.2 Å². The zero-order chi connectivity index (χ0) is 20.1. The van der Waals surface area contributed by atoms with Crippen molar-refractivity contribution in [2.45, 2.75) is 19.0 Å². The molecule has 0 aliphatic rings. The topological polar surface area (TPSA) is 65.4 Å². The lowest BCUT2D eigenvalue weighted by Crippen LogP contribution is -2.14. The van der Waals surface area contributed by atoms with Crippen LogP contribution in [0.3, 0.4) is 0 Å². The van der Waals surface area contributed by atoms with Gasteiger partial charge in [-0.1, -0.05) is 23.9 Å². The van der Waals surface area contributed by atoms with Crippen molar-refractivity contribution in [2.24, 2.45) is 0 Å². The van der Waals surface area contributed by atoms with Crippen molar-refractivity contribution in [3.8, 4) is 17.2 Å². The minimum absolute atomic E-state index is 0.118. The predicted octanol–water partition coefficient (Wildman–Crippen LogP) is 4.24. The first kappa shape index (κ1) is 19.8. The van der Waals surface area contributed by atoms with Crippen molar-refractivity contribution in [3.63, 3.8) is 0 Å².